The van der Waals surface area contributed by atoms with Crippen LogP contribution in [0.5, 0.6) is 0 Å². The topological polar surface area (TPSA) is 83.5 Å². The second-order valence-corrected chi connectivity index (χ2v) is 6.49. The molecule has 0 radical (unpaired) electrons. The minimum absolute atomic E-state index is 0.210. The summed E-state index contributed by atoms with van der Waals surface area (Å²) in [5.41, 5.74) is 0.892. The molecular formula is C13H15INO4-. The zero-order valence-corrected chi connectivity index (χ0v) is 12.4. The molecule has 0 aliphatic heterocycles. The Bertz CT molecular complexity index is 440. The number of aliphatic carboxylic acids is 1. The van der Waals surface area contributed by atoms with Crippen molar-refractivity contribution in [3.8, 4) is 0 Å². The molecule has 1 rings (SSSR count). The molecule has 0 fully saturated rings. The number of carboxylic acid groups (broad SMARTS) is 1. The first-order valence-corrected chi connectivity index (χ1v) is 8.08. The van der Waals surface area contributed by atoms with Crippen LogP contribution in [-0.2, 0) is 14.4 Å². The first-order valence-electron chi connectivity index (χ1n) is 5.76. The van der Waals surface area contributed by atoms with Crippen molar-refractivity contribution in [3.05, 3.63) is 36.0 Å². The summed E-state index contributed by atoms with van der Waals surface area (Å²) < 4.78 is 2.04. The molecule has 0 bridgehead atoms. The molecule has 5 nitrogen and oxygen atoms in total. The van der Waals surface area contributed by atoms with Gasteiger partial charge in [0.1, 0.15) is 0 Å². The van der Waals surface area contributed by atoms with Gasteiger partial charge in [0, 0.05) is 0 Å². The number of alkyl halides is 1. The zero-order valence-electron chi connectivity index (χ0n) is 10.2. The summed E-state index contributed by atoms with van der Waals surface area (Å²) in [5, 5.41) is 8.96. The van der Waals surface area contributed by atoms with Gasteiger partial charge in [-0.2, -0.15) is 0 Å². The van der Waals surface area contributed by atoms with Gasteiger partial charge in [0.25, 0.3) is 0 Å². The molecule has 0 saturated carbocycles. The van der Waals surface area contributed by atoms with Gasteiger partial charge in [-0.15, -0.1) is 0 Å². The van der Waals surface area contributed by atoms with E-state index in [0.717, 1.165) is 5.57 Å². The first-order chi connectivity index (χ1) is 9.13. The van der Waals surface area contributed by atoms with E-state index in [1.54, 1.807) is 0 Å². The Morgan fingerprint density at radius 2 is 2.26 bits per heavy atom. The van der Waals surface area contributed by atoms with Gasteiger partial charge in [0.05, 0.1) is 0 Å². The van der Waals surface area contributed by atoms with Crippen LogP contribution in [0.2, 0.25) is 0 Å². The standard InChI is InChI=1S/C13H15INO4/c16-8-4-7-11(13(18)19)14-15-12(17)9-10-5-2-1-3-6-10/h1-3,5,8-9,11H,4,6-7H2,(H,15,17)(H,18,19)/q-1/b10-9+. The maximum absolute atomic E-state index is 11.6. The fraction of sp³-hybridized carbons (Fsp3) is 0.308. The summed E-state index contributed by atoms with van der Waals surface area (Å²) in [7, 11) is 0. The molecular weight excluding hydrogens is 361 g/mol. The average Bonchev–Trinajstić information content (AvgIpc) is 2.39. The van der Waals surface area contributed by atoms with Gasteiger partial charge < -0.3 is 0 Å². The Hall–Kier alpha value is -1.44. The molecule has 1 unspecified atom stereocenters. The van der Waals surface area contributed by atoms with Crippen LogP contribution in [0.3, 0.4) is 0 Å². The third-order valence-electron chi connectivity index (χ3n) is 2.31. The van der Waals surface area contributed by atoms with Crippen LogP contribution in [0.1, 0.15) is 19.3 Å². The Kier molecular flexibility index (Phi) is 7.09. The molecule has 1 atom stereocenters. The number of hydrogen-bond acceptors (Lipinski definition) is 3. The Labute approximate surface area is 122 Å². The van der Waals surface area contributed by atoms with Gasteiger partial charge in [-0.25, -0.2) is 0 Å². The maximum atomic E-state index is 11.6. The molecule has 19 heavy (non-hydrogen) atoms. The molecule has 0 heterocycles. The Morgan fingerprint density at radius 3 is 2.84 bits per heavy atom. The average molecular weight is 376 g/mol. The third kappa shape index (κ3) is 6.32. The molecule has 0 aromatic carbocycles. The van der Waals surface area contributed by atoms with Gasteiger partial charge in [-0.3, -0.25) is 0 Å². The fourth-order valence-corrected chi connectivity index (χ4v) is 3.17. The van der Waals surface area contributed by atoms with E-state index in [1.807, 2.05) is 24.3 Å². The van der Waals surface area contributed by atoms with Crippen molar-refractivity contribution >= 4 is 18.2 Å². The predicted octanol–water partition coefficient (Wildman–Crippen LogP) is -2.02. The number of halogens is 1. The number of carbonyl (C=O) groups is 3. The fourth-order valence-electron chi connectivity index (χ4n) is 1.39. The van der Waals surface area contributed by atoms with Gasteiger partial charge in [0.2, 0.25) is 0 Å². The SMILES string of the molecule is O=CCCC([I-]NC(=O)/C=C1\C=CC=CC1)C(=O)O. The van der Waals surface area contributed by atoms with Crippen molar-refractivity contribution in [1.29, 1.82) is 0 Å². The van der Waals surface area contributed by atoms with E-state index in [4.69, 9.17) is 5.11 Å². The van der Waals surface area contributed by atoms with Gasteiger partial charge in [-0.05, 0) is 0 Å². The molecule has 0 aromatic rings. The summed E-state index contributed by atoms with van der Waals surface area (Å²) in [6, 6.07) is 0. The molecule has 104 valence electrons. The van der Waals surface area contributed by atoms with Crippen LogP contribution in [0.4, 0.5) is 0 Å². The summed E-state index contributed by atoms with van der Waals surface area (Å²) in [4.78, 5) is 32.8. The van der Waals surface area contributed by atoms with Crippen molar-refractivity contribution < 1.29 is 41.0 Å². The molecule has 0 spiro atoms. The summed E-state index contributed by atoms with van der Waals surface area (Å²) in [6.45, 7) is 0. The third-order valence-corrected chi connectivity index (χ3v) is 5.06. The zero-order chi connectivity index (χ0) is 14.1. The van der Waals surface area contributed by atoms with Crippen molar-refractivity contribution in [2.24, 2.45) is 0 Å². The molecule has 1 amide bonds. The number of carboxylic acids is 1. The summed E-state index contributed by atoms with van der Waals surface area (Å²) in [6.07, 6.45) is 10.9. The van der Waals surface area contributed by atoms with Gasteiger partial charge in [0.15, 0.2) is 0 Å². The summed E-state index contributed by atoms with van der Waals surface area (Å²) >= 11 is -1.01. The molecule has 0 aromatic heterocycles. The monoisotopic (exact) mass is 376 g/mol. The molecule has 0 saturated heterocycles. The second-order valence-electron chi connectivity index (χ2n) is 3.83. The van der Waals surface area contributed by atoms with Gasteiger partial charge in [-0.1, -0.05) is 0 Å². The molecule has 6 heteroatoms. The molecule has 1 aliphatic carbocycles. The van der Waals surface area contributed by atoms with Crippen molar-refractivity contribution in [1.82, 2.24) is 3.53 Å². The number of aldehydes is 1. The number of amides is 1. The van der Waals surface area contributed by atoms with E-state index in [9.17, 15) is 14.4 Å². The van der Waals surface area contributed by atoms with Crippen LogP contribution in [-0.4, -0.2) is 27.2 Å². The number of allylic oxidation sites excluding steroid dienone is 5. The number of carbonyl (C=O) groups excluding carboxylic acids is 2. The minimum atomic E-state index is -1.01. The molecule has 2 N–H and O–H groups in total. The second kappa shape index (κ2) is 8.63. The van der Waals surface area contributed by atoms with E-state index in [0.29, 0.717) is 12.7 Å². The van der Waals surface area contributed by atoms with Crippen molar-refractivity contribution in [2.75, 3.05) is 0 Å². The van der Waals surface area contributed by atoms with Crippen molar-refractivity contribution in [2.45, 2.75) is 23.2 Å². The predicted molar refractivity (Wildman–Crippen MR) is 65.8 cm³/mol. The number of rotatable bonds is 7. The van der Waals surface area contributed by atoms with Crippen LogP contribution in [0, 0.1) is 0 Å². The Balaban J connectivity index is 2.43. The summed E-state index contributed by atoms with van der Waals surface area (Å²) in [5.74, 6) is -1.22. The van der Waals surface area contributed by atoms with E-state index in [1.165, 1.54) is 6.08 Å². The van der Waals surface area contributed by atoms with Gasteiger partial charge >= 0.3 is 122 Å². The molecule has 1 aliphatic rings. The van der Waals surface area contributed by atoms with E-state index in [2.05, 4.69) is 3.53 Å². The van der Waals surface area contributed by atoms with E-state index >= 15 is 0 Å². The normalized spacial score (nSPS) is 17.4. The van der Waals surface area contributed by atoms with E-state index in [-0.39, 0.29) is 18.7 Å². The first kappa shape index (κ1) is 15.6. The van der Waals surface area contributed by atoms with Crippen LogP contribution in [0.15, 0.2) is 36.0 Å². The number of nitrogens with one attached hydrogen (secondary N) is 1. The Morgan fingerprint density at radius 1 is 1.47 bits per heavy atom. The quantitative estimate of drug-likeness (QED) is 0.177. The van der Waals surface area contributed by atoms with Crippen LogP contribution < -0.4 is 25.0 Å². The van der Waals surface area contributed by atoms with Crippen molar-refractivity contribution in [3.63, 3.8) is 0 Å². The van der Waals surface area contributed by atoms with Crippen LogP contribution in [0.25, 0.3) is 0 Å². The van der Waals surface area contributed by atoms with E-state index < -0.39 is 31.4 Å². The number of hydrogen-bond donors (Lipinski definition) is 2. The van der Waals surface area contributed by atoms with Crippen LogP contribution >= 0.6 is 0 Å².